The summed E-state index contributed by atoms with van der Waals surface area (Å²) in [6.45, 7) is 6.91. The van der Waals surface area contributed by atoms with Crippen LogP contribution in [-0.4, -0.2) is 23.7 Å². The van der Waals surface area contributed by atoms with Crippen molar-refractivity contribution >= 4 is 22.6 Å². The van der Waals surface area contributed by atoms with E-state index in [0.29, 0.717) is 28.3 Å². The second-order valence-electron chi connectivity index (χ2n) is 4.26. The Morgan fingerprint density at radius 3 is 2.61 bits per heavy atom. The van der Waals surface area contributed by atoms with Gasteiger partial charge in [0.25, 0.3) is 5.56 Å². The maximum atomic E-state index is 11.9. The summed E-state index contributed by atoms with van der Waals surface area (Å²) in [6, 6.07) is 0. The Morgan fingerprint density at radius 1 is 1.44 bits per heavy atom. The van der Waals surface area contributed by atoms with E-state index in [1.54, 1.807) is 7.11 Å². The molecule has 0 saturated heterocycles. The molecule has 1 heterocycles. The molecule has 1 aromatic rings. The minimum Gasteiger partial charge on any atom is -0.378 e. The fourth-order valence-corrected chi connectivity index (χ4v) is 2.07. The zero-order valence-corrected chi connectivity index (χ0v) is 13.3. The Bertz CT molecular complexity index is 445. The number of aromatic amines is 1. The van der Waals surface area contributed by atoms with Crippen LogP contribution < -0.4 is 5.56 Å². The van der Waals surface area contributed by atoms with E-state index in [1.807, 2.05) is 43.4 Å². The first-order valence-electron chi connectivity index (χ1n) is 5.90. The lowest BCUT2D eigenvalue weighted by Crippen LogP contribution is -2.23. The van der Waals surface area contributed by atoms with Crippen molar-refractivity contribution in [1.82, 2.24) is 9.97 Å². The maximum absolute atomic E-state index is 11.9. The molecule has 0 aliphatic heterocycles. The lowest BCUT2D eigenvalue weighted by molar-refractivity contribution is 0.0225. The third kappa shape index (κ3) is 3.76. The predicted molar refractivity (Wildman–Crippen MR) is 77.5 cm³/mol. The molecular weight excluding hydrogens is 347 g/mol. The monoisotopic (exact) mass is 366 g/mol. The van der Waals surface area contributed by atoms with Crippen molar-refractivity contribution in [2.75, 3.05) is 13.7 Å². The molecule has 1 unspecified atom stereocenters. The standard InChI is InChI=1S/C12H19IN2O3/c1-5-18-10(7(2)3)11-14-8(6-17-4)9(13)12(16)15-11/h7,10H,5-6H2,1-4H3,(H,14,15,16). The van der Waals surface area contributed by atoms with Gasteiger partial charge in [-0.3, -0.25) is 4.79 Å². The molecular formula is C12H19IN2O3. The fraction of sp³-hybridized carbons (Fsp3) is 0.667. The molecule has 0 aromatic carbocycles. The second-order valence-corrected chi connectivity index (χ2v) is 5.34. The van der Waals surface area contributed by atoms with Crippen LogP contribution in [0.4, 0.5) is 0 Å². The average molecular weight is 366 g/mol. The van der Waals surface area contributed by atoms with Crippen molar-refractivity contribution < 1.29 is 9.47 Å². The summed E-state index contributed by atoms with van der Waals surface area (Å²) < 4.78 is 11.3. The summed E-state index contributed by atoms with van der Waals surface area (Å²) in [7, 11) is 1.58. The third-order valence-corrected chi connectivity index (χ3v) is 3.56. The van der Waals surface area contributed by atoms with Crippen LogP contribution in [0, 0.1) is 9.49 Å². The van der Waals surface area contributed by atoms with E-state index in [1.165, 1.54) is 0 Å². The number of aromatic nitrogens is 2. The number of hydrogen-bond acceptors (Lipinski definition) is 4. The summed E-state index contributed by atoms with van der Waals surface area (Å²) in [5.74, 6) is 0.813. The van der Waals surface area contributed by atoms with E-state index in [9.17, 15) is 4.79 Å². The highest BCUT2D eigenvalue weighted by Gasteiger charge is 2.20. The van der Waals surface area contributed by atoms with Crippen LogP contribution in [0.25, 0.3) is 0 Å². The average Bonchev–Trinajstić information content (AvgIpc) is 2.31. The van der Waals surface area contributed by atoms with Gasteiger partial charge in [-0.15, -0.1) is 0 Å². The number of nitrogens with one attached hydrogen (secondary N) is 1. The van der Waals surface area contributed by atoms with Crippen molar-refractivity contribution in [3.63, 3.8) is 0 Å². The lowest BCUT2D eigenvalue weighted by Gasteiger charge is -2.20. The Labute approximate surface area is 120 Å². The molecule has 1 atom stereocenters. The van der Waals surface area contributed by atoms with E-state index in [-0.39, 0.29) is 17.6 Å². The van der Waals surface area contributed by atoms with Gasteiger partial charge in [0, 0.05) is 13.7 Å². The molecule has 0 amide bonds. The van der Waals surface area contributed by atoms with E-state index < -0.39 is 0 Å². The van der Waals surface area contributed by atoms with Gasteiger partial charge in [-0.05, 0) is 35.4 Å². The van der Waals surface area contributed by atoms with Crippen molar-refractivity contribution in [3.05, 3.63) is 25.4 Å². The molecule has 1 N–H and O–H groups in total. The molecule has 0 fully saturated rings. The Kier molecular flexibility index (Phi) is 6.24. The smallest absolute Gasteiger partial charge is 0.264 e. The summed E-state index contributed by atoms with van der Waals surface area (Å²) in [5, 5.41) is 0. The van der Waals surface area contributed by atoms with E-state index >= 15 is 0 Å². The summed E-state index contributed by atoms with van der Waals surface area (Å²) in [5.41, 5.74) is 0.514. The molecule has 0 saturated carbocycles. The van der Waals surface area contributed by atoms with Gasteiger partial charge < -0.3 is 14.5 Å². The number of methoxy groups -OCH3 is 1. The van der Waals surface area contributed by atoms with Crippen LogP contribution in [0.15, 0.2) is 4.79 Å². The Hall–Kier alpha value is -0.470. The van der Waals surface area contributed by atoms with Gasteiger partial charge in [-0.25, -0.2) is 4.98 Å². The molecule has 0 bridgehead atoms. The predicted octanol–water partition coefficient (Wildman–Crippen LogP) is 2.25. The zero-order valence-electron chi connectivity index (χ0n) is 11.1. The Balaban J connectivity index is 3.19. The number of nitrogens with zero attached hydrogens (tertiary/aromatic N) is 1. The number of H-pyrrole nitrogens is 1. The van der Waals surface area contributed by atoms with E-state index in [0.717, 1.165) is 0 Å². The molecule has 0 aliphatic rings. The molecule has 102 valence electrons. The van der Waals surface area contributed by atoms with Crippen LogP contribution in [0.1, 0.15) is 38.4 Å². The molecule has 0 spiro atoms. The summed E-state index contributed by atoms with van der Waals surface area (Å²) in [6.07, 6.45) is -0.199. The highest BCUT2D eigenvalue weighted by atomic mass is 127. The SMILES string of the molecule is CCOC(c1nc(COC)c(I)c(=O)[nH]1)C(C)C. The minimum atomic E-state index is -0.199. The Morgan fingerprint density at radius 2 is 2.11 bits per heavy atom. The second kappa shape index (κ2) is 7.20. The van der Waals surface area contributed by atoms with Crippen LogP contribution in [0.2, 0.25) is 0 Å². The number of hydrogen-bond donors (Lipinski definition) is 1. The maximum Gasteiger partial charge on any atom is 0.264 e. The van der Waals surface area contributed by atoms with Crippen molar-refractivity contribution in [3.8, 4) is 0 Å². The van der Waals surface area contributed by atoms with Crippen molar-refractivity contribution in [2.45, 2.75) is 33.5 Å². The van der Waals surface area contributed by atoms with Crippen LogP contribution >= 0.6 is 22.6 Å². The zero-order chi connectivity index (χ0) is 13.7. The van der Waals surface area contributed by atoms with Crippen LogP contribution in [-0.2, 0) is 16.1 Å². The van der Waals surface area contributed by atoms with Gasteiger partial charge in [0.05, 0.1) is 12.3 Å². The van der Waals surface area contributed by atoms with Gasteiger partial charge in [-0.2, -0.15) is 0 Å². The third-order valence-electron chi connectivity index (χ3n) is 2.45. The van der Waals surface area contributed by atoms with Gasteiger partial charge in [0.1, 0.15) is 15.5 Å². The molecule has 1 rings (SSSR count). The first kappa shape index (κ1) is 15.6. The first-order valence-corrected chi connectivity index (χ1v) is 6.98. The van der Waals surface area contributed by atoms with Crippen molar-refractivity contribution in [1.29, 1.82) is 0 Å². The number of ether oxygens (including phenoxy) is 2. The van der Waals surface area contributed by atoms with Gasteiger partial charge in [0.2, 0.25) is 0 Å². The fourth-order valence-electron chi connectivity index (χ4n) is 1.66. The van der Waals surface area contributed by atoms with Gasteiger partial charge in [-0.1, -0.05) is 13.8 Å². The quantitative estimate of drug-likeness (QED) is 0.785. The highest BCUT2D eigenvalue weighted by Crippen LogP contribution is 2.22. The molecule has 1 aromatic heterocycles. The van der Waals surface area contributed by atoms with Crippen LogP contribution in [0.3, 0.4) is 0 Å². The van der Waals surface area contributed by atoms with E-state index in [4.69, 9.17) is 9.47 Å². The van der Waals surface area contributed by atoms with Gasteiger partial charge in [0.15, 0.2) is 0 Å². The topological polar surface area (TPSA) is 64.2 Å². The first-order chi connectivity index (χ1) is 8.51. The molecule has 6 heteroatoms. The summed E-state index contributed by atoms with van der Waals surface area (Å²) >= 11 is 1.98. The van der Waals surface area contributed by atoms with Gasteiger partial charge >= 0.3 is 0 Å². The number of rotatable bonds is 6. The normalized spacial score (nSPS) is 13.0. The molecule has 0 radical (unpaired) electrons. The molecule has 5 nitrogen and oxygen atoms in total. The molecule has 0 aliphatic carbocycles. The minimum absolute atomic E-state index is 0.141. The van der Waals surface area contributed by atoms with Crippen molar-refractivity contribution in [2.24, 2.45) is 5.92 Å². The van der Waals surface area contributed by atoms with E-state index in [2.05, 4.69) is 9.97 Å². The number of halogens is 1. The largest absolute Gasteiger partial charge is 0.378 e. The van der Waals surface area contributed by atoms with Crippen LogP contribution in [0.5, 0.6) is 0 Å². The molecule has 18 heavy (non-hydrogen) atoms. The summed E-state index contributed by atoms with van der Waals surface area (Å²) in [4.78, 5) is 19.1. The highest BCUT2D eigenvalue weighted by molar-refractivity contribution is 14.1. The lowest BCUT2D eigenvalue weighted by atomic mass is 10.1.